The molecule has 1 aromatic rings. The fourth-order valence-electron chi connectivity index (χ4n) is 2.46. The van der Waals surface area contributed by atoms with Crippen LogP contribution < -0.4 is 15.4 Å². The highest BCUT2D eigenvalue weighted by molar-refractivity contribution is 5.79. The Morgan fingerprint density at radius 1 is 1.30 bits per heavy atom. The minimum atomic E-state index is 0.160. The molecular weight excluding hydrogens is 290 g/mol. The van der Waals surface area contributed by atoms with Gasteiger partial charge in [-0.25, -0.2) is 0 Å². The lowest BCUT2D eigenvalue weighted by molar-refractivity contribution is 0.128. The van der Waals surface area contributed by atoms with Crippen LogP contribution in [0.3, 0.4) is 0 Å². The molecule has 1 heterocycles. The summed E-state index contributed by atoms with van der Waals surface area (Å²) in [5.41, 5.74) is 1.28. The molecule has 1 aliphatic rings. The first-order valence-corrected chi connectivity index (χ1v) is 8.46. The monoisotopic (exact) mass is 319 g/mol. The summed E-state index contributed by atoms with van der Waals surface area (Å²) in [6.45, 7) is 7.41. The second kappa shape index (κ2) is 9.40. The van der Waals surface area contributed by atoms with E-state index in [4.69, 9.17) is 9.47 Å². The van der Waals surface area contributed by atoms with Crippen molar-refractivity contribution in [1.82, 2.24) is 10.6 Å². The fourth-order valence-corrected chi connectivity index (χ4v) is 2.46. The lowest BCUT2D eigenvalue weighted by Crippen LogP contribution is -2.43. The largest absolute Gasteiger partial charge is 0.488 e. The van der Waals surface area contributed by atoms with Crippen molar-refractivity contribution >= 4 is 5.96 Å². The summed E-state index contributed by atoms with van der Waals surface area (Å²) in [5.74, 6) is 2.48. The van der Waals surface area contributed by atoms with Crippen molar-refractivity contribution in [3.05, 3.63) is 29.8 Å². The Bertz CT molecular complexity index is 478. The fraction of sp³-hybridized carbons (Fsp3) is 0.611. The Labute approximate surface area is 139 Å². The molecule has 0 saturated carbocycles. The van der Waals surface area contributed by atoms with Crippen LogP contribution in [0.15, 0.2) is 29.3 Å². The van der Waals surface area contributed by atoms with Crippen molar-refractivity contribution in [2.24, 2.45) is 10.9 Å². The lowest BCUT2D eigenvalue weighted by Gasteiger charge is -2.15. The summed E-state index contributed by atoms with van der Waals surface area (Å²) in [6.07, 6.45) is 2.21. The predicted octanol–water partition coefficient (Wildman–Crippen LogP) is 2.22. The van der Waals surface area contributed by atoms with Crippen molar-refractivity contribution in [3.8, 4) is 5.75 Å². The van der Waals surface area contributed by atoms with E-state index in [-0.39, 0.29) is 6.10 Å². The number of guanidine groups is 1. The number of ether oxygens (including phenoxy) is 2. The van der Waals surface area contributed by atoms with Crippen molar-refractivity contribution < 1.29 is 9.47 Å². The highest BCUT2D eigenvalue weighted by Crippen LogP contribution is 2.27. The molecule has 1 aliphatic heterocycles. The normalized spacial score (nSPS) is 17.0. The number of nitrogens with zero attached hydrogens (tertiary/aromatic N) is 1. The van der Waals surface area contributed by atoms with Gasteiger partial charge in [-0.3, -0.25) is 4.99 Å². The van der Waals surface area contributed by atoms with Crippen molar-refractivity contribution in [2.45, 2.75) is 32.8 Å². The Morgan fingerprint density at radius 2 is 2.13 bits per heavy atom. The highest BCUT2D eigenvalue weighted by Gasteiger charge is 2.22. The van der Waals surface area contributed by atoms with E-state index in [0.717, 1.165) is 44.2 Å². The van der Waals surface area contributed by atoms with Gasteiger partial charge in [-0.15, -0.1) is 0 Å². The molecule has 23 heavy (non-hydrogen) atoms. The average molecular weight is 319 g/mol. The second-order valence-electron chi connectivity index (χ2n) is 6.23. The number of hydrogen-bond acceptors (Lipinski definition) is 3. The maximum absolute atomic E-state index is 5.91. The van der Waals surface area contributed by atoms with E-state index in [1.54, 1.807) is 7.05 Å². The van der Waals surface area contributed by atoms with Gasteiger partial charge < -0.3 is 20.1 Å². The van der Waals surface area contributed by atoms with Gasteiger partial charge in [0.15, 0.2) is 5.96 Å². The zero-order chi connectivity index (χ0) is 16.5. The second-order valence-corrected chi connectivity index (χ2v) is 6.23. The maximum atomic E-state index is 5.91. The standard InChI is InChI=1S/C18H29N3O2/c1-14(2)8-10-22-11-9-20-18(19-3)21-13-16-12-15-6-4-5-7-17(15)23-16/h4-7,14,16H,8-13H2,1-3H3,(H2,19,20,21). The van der Waals surface area contributed by atoms with Crippen LogP contribution in [0, 0.1) is 5.92 Å². The summed E-state index contributed by atoms with van der Waals surface area (Å²) in [6, 6.07) is 8.21. The maximum Gasteiger partial charge on any atom is 0.191 e. The van der Waals surface area contributed by atoms with Crippen LogP contribution in [-0.2, 0) is 11.2 Å². The summed E-state index contributed by atoms with van der Waals surface area (Å²) in [7, 11) is 1.78. The summed E-state index contributed by atoms with van der Waals surface area (Å²) in [4.78, 5) is 4.23. The zero-order valence-electron chi connectivity index (χ0n) is 14.5. The molecule has 2 N–H and O–H groups in total. The highest BCUT2D eigenvalue weighted by atomic mass is 16.5. The Balaban J connectivity index is 1.59. The predicted molar refractivity (Wildman–Crippen MR) is 94.2 cm³/mol. The molecule has 0 spiro atoms. The van der Waals surface area contributed by atoms with Crippen LogP contribution >= 0.6 is 0 Å². The van der Waals surface area contributed by atoms with E-state index < -0.39 is 0 Å². The molecule has 1 unspecified atom stereocenters. The van der Waals surface area contributed by atoms with Gasteiger partial charge >= 0.3 is 0 Å². The molecule has 1 atom stereocenters. The van der Waals surface area contributed by atoms with E-state index in [1.807, 2.05) is 12.1 Å². The first-order valence-electron chi connectivity index (χ1n) is 8.46. The molecule has 0 amide bonds. The van der Waals surface area contributed by atoms with Crippen molar-refractivity contribution in [3.63, 3.8) is 0 Å². The summed E-state index contributed by atoms with van der Waals surface area (Å²) in [5, 5.41) is 6.57. The van der Waals surface area contributed by atoms with E-state index in [1.165, 1.54) is 5.56 Å². The van der Waals surface area contributed by atoms with Crippen LogP contribution in [0.1, 0.15) is 25.8 Å². The van der Waals surface area contributed by atoms with Gasteiger partial charge in [-0.05, 0) is 24.0 Å². The molecular formula is C18H29N3O2. The van der Waals surface area contributed by atoms with Gasteiger partial charge in [-0.2, -0.15) is 0 Å². The van der Waals surface area contributed by atoms with Gasteiger partial charge in [-0.1, -0.05) is 32.0 Å². The van der Waals surface area contributed by atoms with E-state index in [2.05, 4.69) is 41.6 Å². The minimum absolute atomic E-state index is 0.160. The molecule has 0 aromatic heterocycles. The third kappa shape index (κ3) is 6.10. The molecule has 0 bridgehead atoms. The number of nitrogens with one attached hydrogen (secondary N) is 2. The Morgan fingerprint density at radius 3 is 2.87 bits per heavy atom. The molecule has 1 aromatic carbocycles. The van der Waals surface area contributed by atoms with Crippen LogP contribution in [-0.4, -0.2) is 45.4 Å². The number of fused-ring (bicyclic) bond motifs is 1. The quantitative estimate of drug-likeness (QED) is 0.438. The molecule has 128 valence electrons. The van der Waals surface area contributed by atoms with E-state index in [9.17, 15) is 0 Å². The summed E-state index contributed by atoms with van der Waals surface area (Å²) < 4.78 is 11.5. The topological polar surface area (TPSA) is 54.9 Å². The van der Waals surface area contributed by atoms with Crippen molar-refractivity contribution in [2.75, 3.05) is 33.4 Å². The number of benzene rings is 1. The first-order chi connectivity index (χ1) is 11.2. The van der Waals surface area contributed by atoms with Crippen LogP contribution in [0.2, 0.25) is 0 Å². The van der Waals surface area contributed by atoms with Gasteiger partial charge in [0.1, 0.15) is 11.9 Å². The van der Waals surface area contributed by atoms with E-state index in [0.29, 0.717) is 12.5 Å². The molecule has 0 fully saturated rings. The third-order valence-electron chi connectivity index (χ3n) is 3.81. The third-order valence-corrected chi connectivity index (χ3v) is 3.81. The molecule has 0 saturated heterocycles. The van der Waals surface area contributed by atoms with Gasteiger partial charge in [0.2, 0.25) is 0 Å². The lowest BCUT2D eigenvalue weighted by atomic mass is 10.1. The van der Waals surface area contributed by atoms with Gasteiger partial charge in [0.05, 0.1) is 13.2 Å². The average Bonchev–Trinajstić information content (AvgIpc) is 2.96. The van der Waals surface area contributed by atoms with Crippen LogP contribution in [0.5, 0.6) is 5.75 Å². The SMILES string of the molecule is CN=C(NCCOCCC(C)C)NCC1Cc2ccccc2O1. The molecule has 0 aliphatic carbocycles. The van der Waals surface area contributed by atoms with Crippen LogP contribution in [0.25, 0.3) is 0 Å². The minimum Gasteiger partial charge on any atom is -0.488 e. The van der Waals surface area contributed by atoms with Gasteiger partial charge in [0.25, 0.3) is 0 Å². The van der Waals surface area contributed by atoms with E-state index >= 15 is 0 Å². The number of aliphatic imine (C=N–C) groups is 1. The first kappa shape index (κ1) is 17.6. The smallest absolute Gasteiger partial charge is 0.191 e. The number of hydrogen-bond donors (Lipinski definition) is 2. The Hall–Kier alpha value is -1.75. The molecule has 5 heteroatoms. The molecule has 0 radical (unpaired) electrons. The Kier molecular flexibility index (Phi) is 7.20. The number of rotatable bonds is 8. The van der Waals surface area contributed by atoms with Crippen molar-refractivity contribution in [1.29, 1.82) is 0 Å². The molecule has 5 nitrogen and oxygen atoms in total. The zero-order valence-corrected chi connectivity index (χ0v) is 14.5. The van der Waals surface area contributed by atoms with Gasteiger partial charge in [0, 0.05) is 26.6 Å². The summed E-state index contributed by atoms with van der Waals surface area (Å²) >= 11 is 0. The number of para-hydroxylation sites is 1. The molecule has 2 rings (SSSR count). The van der Waals surface area contributed by atoms with Crippen LogP contribution in [0.4, 0.5) is 0 Å².